The fraction of sp³-hybridized carbons (Fsp3) is 0.235. The molecule has 0 atom stereocenters. The minimum absolute atomic E-state index is 0.337. The van der Waals surface area contributed by atoms with E-state index in [9.17, 15) is 4.79 Å². The molecule has 2 rings (SSSR count). The first-order valence-electron chi connectivity index (χ1n) is 6.90. The Labute approximate surface area is 119 Å². The summed E-state index contributed by atoms with van der Waals surface area (Å²) in [6, 6.07) is 19.1. The van der Waals surface area contributed by atoms with Crippen LogP contribution in [0.15, 0.2) is 60.7 Å². The highest BCUT2D eigenvalue weighted by Crippen LogP contribution is 2.25. The summed E-state index contributed by atoms with van der Waals surface area (Å²) in [6.07, 6.45) is 1.54. The van der Waals surface area contributed by atoms with Crippen molar-refractivity contribution < 1.29 is 9.53 Å². The van der Waals surface area contributed by atoms with Crippen LogP contribution in [-0.2, 0) is 4.74 Å². The Morgan fingerprint density at radius 2 is 1.45 bits per heavy atom. The number of rotatable bonds is 5. The van der Waals surface area contributed by atoms with Gasteiger partial charge >= 0.3 is 6.09 Å². The summed E-state index contributed by atoms with van der Waals surface area (Å²) >= 11 is 0. The van der Waals surface area contributed by atoms with Crippen LogP contribution in [0.25, 0.3) is 0 Å². The number of hydrogen-bond donors (Lipinski definition) is 0. The first-order valence-corrected chi connectivity index (χ1v) is 6.90. The predicted octanol–water partition coefficient (Wildman–Crippen LogP) is 4.76. The zero-order chi connectivity index (χ0) is 14.2. The smallest absolute Gasteiger partial charge is 0.418 e. The monoisotopic (exact) mass is 269 g/mol. The number of anilines is 2. The lowest BCUT2D eigenvalue weighted by Gasteiger charge is -2.22. The number of ether oxygens (including phenoxy) is 1. The predicted molar refractivity (Wildman–Crippen MR) is 81.3 cm³/mol. The number of para-hydroxylation sites is 2. The van der Waals surface area contributed by atoms with E-state index in [-0.39, 0.29) is 6.09 Å². The SMILES string of the molecule is CCCCOC(=O)N(c1ccccc1)c1ccccc1. The molecule has 0 saturated carbocycles. The first kappa shape index (κ1) is 14.1. The highest BCUT2D eigenvalue weighted by molar-refractivity contribution is 5.95. The second-order valence-corrected chi connectivity index (χ2v) is 4.47. The van der Waals surface area contributed by atoms with Crippen molar-refractivity contribution in [1.82, 2.24) is 0 Å². The van der Waals surface area contributed by atoms with Crippen LogP contribution < -0.4 is 4.90 Å². The van der Waals surface area contributed by atoms with Crippen LogP contribution in [0.2, 0.25) is 0 Å². The van der Waals surface area contributed by atoms with Crippen molar-refractivity contribution in [3.8, 4) is 0 Å². The minimum atomic E-state index is -0.337. The van der Waals surface area contributed by atoms with Crippen LogP contribution in [0.5, 0.6) is 0 Å². The van der Waals surface area contributed by atoms with E-state index in [2.05, 4.69) is 6.92 Å². The molecule has 0 bridgehead atoms. The van der Waals surface area contributed by atoms with Crippen LogP contribution in [-0.4, -0.2) is 12.7 Å². The highest BCUT2D eigenvalue weighted by atomic mass is 16.6. The molecule has 1 amide bonds. The molecule has 0 spiro atoms. The average Bonchev–Trinajstić information content (AvgIpc) is 2.50. The van der Waals surface area contributed by atoms with Gasteiger partial charge in [0.1, 0.15) is 0 Å². The second kappa shape index (κ2) is 7.34. The quantitative estimate of drug-likeness (QED) is 0.732. The summed E-state index contributed by atoms with van der Waals surface area (Å²) in [6.45, 7) is 2.52. The molecule has 104 valence electrons. The molecule has 0 heterocycles. The number of carbonyl (C=O) groups is 1. The van der Waals surface area contributed by atoms with E-state index < -0.39 is 0 Å². The van der Waals surface area contributed by atoms with E-state index in [0.717, 1.165) is 24.2 Å². The molecule has 2 aromatic rings. The molecule has 0 aliphatic carbocycles. The maximum Gasteiger partial charge on any atom is 0.418 e. The van der Waals surface area contributed by atoms with Crippen molar-refractivity contribution in [3.05, 3.63) is 60.7 Å². The molecule has 3 nitrogen and oxygen atoms in total. The standard InChI is InChI=1S/C17H19NO2/c1-2-3-14-20-17(19)18(15-10-6-4-7-11-15)16-12-8-5-9-13-16/h4-13H,2-3,14H2,1H3. The van der Waals surface area contributed by atoms with Crippen molar-refractivity contribution in [2.24, 2.45) is 0 Å². The Morgan fingerprint density at radius 3 is 1.90 bits per heavy atom. The summed E-state index contributed by atoms with van der Waals surface area (Å²) in [5.41, 5.74) is 1.61. The number of benzene rings is 2. The summed E-state index contributed by atoms with van der Waals surface area (Å²) in [7, 11) is 0. The molecule has 0 radical (unpaired) electrons. The fourth-order valence-electron chi connectivity index (χ4n) is 1.88. The fourth-order valence-corrected chi connectivity index (χ4v) is 1.88. The van der Waals surface area contributed by atoms with Gasteiger partial charge in [0.2, 0.25) is 0 Å². The molecule has 3 heteroatoms. The Kier molecular flexibility index (Phi) is 5.18. The van der Waals surface area contributed by atoms with Gasteiger partial charge in [-0.15, -0.1) is 0 Å². The Morgan fingerprint density at radius 1 is 0.950 bits per heavy atom. The van der Waals surface area contributed by atoms with E-state index in [1.807, 2.05) is 60.7 Å². The van der Waals surface area contributed by atoms with Crippen LogP contribution in [0, 0.1) is 0 Å². The van der Waals surface area contributed by atoms with Crippen molar-refractivity contribution in [3.63, 3.8) is 0 Å². The van der Waals surface area contributed by atoms with E-state index in [4.69, 9.17) is 4.74 Å². The topological polar surface area (TPSA) is 29.5 Å². The van der Waals surface area contributed by atoms with Crippen molar-refractivity contribution in [2.45, 2.75) is 19.8 Å². The number of amides is 1. The lowest BCUT2D eigenvalue weighted by atomic mass is 10.2. The van der Waals surface area contributed by atoms with Crippen LogP contribution in [0.3, 0.4) is 0 Å². The summed E-state index contributed by atoms with van der Waals surface area (Å²) in [5.74, 6) is 0. The maximum atomic E-state index is 12.3. The number of nitrogens with zero attached hydrogens (tertiary/aromatic N) is 1. The Balaban J connectivity index is 2.23. The third-order valence-corrected chi connectivity index (χ3v) is 2.93. The normalized spacial score (nSPS) is 10.1. The lowest BCUT2D eigenvalue weighted by molar-refractivity contribution is 0.155. The molecule has 0 unspecified atom stereocenters. The van der Waals surface area contributed by atoms with Gasteiger partial charge in [0.15, 0.2) is 0 Å². The third-order valence-electron chi connectivity index (χ3n) is 2.93. The zero-order valence-electron chi connectivity index (χ0n) is 11.7. The van der Waals surface area contributed by atoms with Gasteiger partial charge in [0, 0.05) is 0 Å². The average molecular weight is 269 g/mol. The van der Waals surface area contributed by atoms with Crippen molar-refractivity contribution in [2.75, 3.05) is 11.5 Å². The molecular formula is C17H19NO2. The molecule has 0 aromatic heterocycles. The summed E-state index contributed by atoms with van der Waals surface area (Å²) in [4.78, 5) is 13.9. The van der Waals surface area contributed by atoms with Crippen molar-refractivity contribution in [1.29, 1.82) is 0 Å². The van der Waals surface area contributed by atoms with Gasteiger partial charge in [-0.3, -0.25) is 0 Å². The summed E-state index contributed by atoms with van der Waals surface area (Å²) in [5, 5.41) is 0. The molecule has 0 saturated heterocycles. The van der Waals surface area contributed by atoms with Gasteiger partial charge in [-0.2, -0.15) is 0 Å². The van der Waals surface area contributed by atoms with Gasteiger partial charge < -0.3 is 4.74 Å². The van der Waals surface area contributed by atoms with Gasteiger partial charge in [0.05, 0.1) is 18.0 Å². The van der Waals surface area contributed by atoms with Crippen LogP contribution >= 0.6 is 0 Å². The van der Waals surface area contributed by atoms with Crippen molar-refractivity contribution >= 4 is 17.5 Å². The Hall–Kier alpha value is -2.29. The van der Waals surface area contributed by atoms with E-state index in [1.165, 1.54) is 0 Å². The molecule has 2 aromatic carbocycles. The second-order valence-electron chi connectivity index (χ2n) is 4.47. The molecule has 0 fully saturated rings. The first-order chi connectivity index (χ1) is 9.83. The number of hydrogen-bond acceptors (Lipinski definition) is 2. The molecule has 0 N–H and O–H groups in total. The zero-order valence-corrected chi connectivity index (χ0v) is 11.7. The van der Waals surface area contributed by atoms with Gasteiger partial charge in [-0.25, -0.2) is 9.69 Å². The third kappa shape index (κ3) is 3.60. The van der Waals surface area contributed by atoms with Gasteiger partial charge in [-0.05, 0) is 30.7 Å². The number of carbonyl (C=O) groups excluding carboxylic acids is 1. The van der Waals surface area contributed by atoms with E-state index in [0.29, 0.717) is 6.61 Å². The van der Waals surface area contributed by atoms with E-state index in [1.54, 1.807) is 4.90 Å². The summed E-state index contributed by atoms with van der Waals surface area (Å²) < 4.78 is 5.34. The van der Waals surface area contributed by atoms with Gasteiger partial charge in [-0.1, -0.05) is 49.7 Å². The van der Waals surface area contributed by atoms with Crippen LogP contribution in [0.4, 0.5) is 16.2 Å². The molecule has 0 aliphatic heterocycles. The minimum Gasteiger partial charge on any atom is -0.449 e. The van der Waals surface area contributed by atoms with E-state index >= 15 is 0 Å². The number of unbranched alkanes of at least 4 members (excludes halogenated alkanes) is 1. The Bertz CT molecular complexity index is 486. The molecule has 20 heavy (non-hydrogen) atoms. The maximum absolute atomic E-state index is 12.3. The molecule has 0 aliphatic rings. The lowest BCUT2D eigenvalue weighted by Crippen LogP contribution is -2.27. The van der Waals surface area contributed by atoms with Crippen LogP contribution in [0.1, 0.15) is 19.8 Å². The highest BCUT2D eigenvalue weighted by Gasteiger charge is 2.18. The van der Waals surface area contributed by atoms with Gasteiger partial charge in [0.25, 0.3) is 0 Å². The largest absolute Gasteiger partial charge is 0.449 e. The molecular weight excluding hydrogens is 250 g/mol.